The van der Waals surface area contributed by atoms with E-state index < -0.39 is 20.7 Å². The van der Waals surface area contributed by atoms with Gasteiger partial charge in [0, 0.05) is 19.9 Å². The van der Waals surface area contributed by atoms with Crippen molar-refractivity contribution in [3.8, 4) is 0 Å². The molecule has 1 N–H and O–H groups in total. The fourth-order valence-electron chi connectivity index (χ4n) is 3.19. The smallest absolute Gasteiger partial charge is 0.288 e. The van der Waals surface area contributed by atoms with Gasteiger partial charge >= 0.3 is 0 Å². The zero-order valence-electron chi connectivity index (χ0n) is 16.9. The number of hydrogen-bond acceptors (Lipinski definition) is 6. The number of halogens is 3. The lowest BCUT2D eigenvalue weighted by molar-refractivity contribution is -0.384. The average molecular weight is 645 g/mol. The third-order valence-corrected chi connectivity index (χ3v) is 9.41. The fraction of sp³-hybridized carbons (Fsp3) is 0.0455. The molecule has 4 rings (SSSR count). The number of rotatable bonds is 5. The summed E-state index contributed by atoms with van der Waals surface area (Å²) in [5, 5.41) is 13.8. The number of benzene rings is 3. The Balaban J connectivity index is 1.62. The molecule has 1 amide bonds. The molecular weight excluding hydrogens is 632 g/mol. The van der Waals surface area contributed by atoms with Crippen molar-refractivity contribution in [3.63, 3.8) is 0 Å². The number of carbonyl (C=O) groups is 1. The molecule has 0 aliphatic carbocycles. The van der Waals surface area contributed by atoms with Crippen LogP contribution in [-0.4, -0.2) is 19.2 Å². The molecule has 0 fully saturated rings. The summed E-state index contributed by atoms with van der Waals surface area (Å²) in [4.78, 5) is 24.2. The number of sulfone groups is 1. The van der Waals surface area contributed by atoms with Crippen LogP contribution in [0.2, 0.25) is 5.02 Å². The Labute approximate surface area is 220 Å². The number of carbonyl (C=O) groups excluding carboxylic acids is 1. The third-order valence-electron chi connectivity index (χ3n) is 4.86. The van der Waals surface area contributed by atoms with Crippen molar-refractivity contribution < 1.29 is 18.1 Å². The molecule has 7 nitrogen and oxygen atoms in total. The largest absolute Gasteiger partial charge is 0.320 e. The van der Waals surface area contributed by atoms with E-state index in [-0.39, 0.29) is 21.4 Å². The first kappa shape index (κ1) is 24.9. The van der Waals surface area contributed by atoms with Crippen molar-refractivity contribution in [1.82, 2.24) is 0 Å². The molecular formula is C22H13Br2ClN2O5S2. The van der Waals surface area contributed by atoms with Crippen LogP contribution < -0.4 is 5.32 Å². The fourth-order valence-corrected chi connectivity index (χ4v) is 7.39. The molecule has 0 saturated carbocycles. The predicted molar refractivity (Wildman–Crippen MR) is 140 cm³/mol. The molecule has 12 heteroatoms. The second kappa shape index (κ2) is 9.82. The summed E-state index contributed by atoms with van der Waals surface area (Å²) < 4.78 is 27.5. The molecule has 34 heavy (non-hydrogen) atoms. The van der Waals surface area contributed by atoms with Crippen molar-refractivity contribution in [3.05, 3.63) is 94.7 Å². The molecule has 0 unspecified atom stereocenters. The first-order valence-corrected chi connectivity index (χ1v) is 13.9. The minimum absolute atomic E-state index is 0.00143. The Morgan fingerprint density at radius 2 is 1.79 bits per heavy atom. The molecule has 0 saturated heterocycles. The van der Waals surface area contributed by atoms with Gasteiger partial charge in [0.2, 0.25) is 0 Å². The standard InChI is InChI=1S/C22H13Br2ClN2O5S2/c23-15-2-1-3-16(24)14(15)11-34(31,32)13-5-7-20-18(10-13)26-22(28)21(33-20)9-12-4-6-17(25)19(8-12)27(29)30/h1-10H,11H2,(H,26,28). The Kier molecular flexibility index (Phi) is 7.20. The van der Waals surface area contributed by atoms with E-state index in [0.717, 1.165) is 11.8 Å². The highest BCUT2D eigenvalue weighted by atomic mass is 79.9. The van der Waals surface area contributed by atoms with Gasteiger partial charge in [0.05, 0.1) is 26.2 Å². The Morgan fingerprint density at radius 3 is 2.47 bits per heavy atom. The monoisotopic (exact) mass is 642 g/mol. The number of nitrogens with zero attached hydrogens (tertiary/aromatic N) is 1. The van der Waals surface area contributed by atoms with Gasteiger partial charge in [-0.1, -0.05) is 67.4 Å². The number of thioether (sulfide) groups is 1. The molecule has 1 aliphatic heterocycles. The predicted octanol–water partition coefficient (Wildman–Crippen LogP) is 6.83. The molecule has 0 radical (unpaired) electrons. The van der Waals surface area contributed by atoms with Gasteiger partial charge in [-0.15, -0.1) is 0 Å². The van der Waals surface area contributed by atoms with Gasteiger partial charge in [-0.05, 0) is 53.6 Å². The minimum atomic E-state index is -3.70. The quantitative estimate of drug-likeness (QED) is 0.185. The van der Waals surface area contributed by atoms with Crippen molar-refractivity contribution in [2.75, 3.05) is 5.32 Å². The van der Waals surface area contributed by atoms with E-state index in [1.165, 1.54) is 30.3 Å². The van der Waals surface area contributed by atoms with Crippen LogP contribution in [0, 0.1) is 10.1 Å². The number of fused-ring (bicyclic) bond motifs is 1. The van der Waals surface area contributed by atoms with Gasteiger partial charge in [-0.25, -0.2) is 8.42 Å². The molecule has 0 aromatic heterocycles. The Morgan fingerprint density at radius 1 is 1.09 bits per heavy atom. The highest BCUT2D eigenvalue weighted by molar-refractivity contribution is 9.11. The van der Waals surface area contributed by atoms with Crippen LogP contribution in [0.25, 0.3) is 6.08 Å². The Bertz CT molecular complexity index is 1470. The van der Waals surface area contributed by atoms with Gasteiger partial charge in [0.15, 0.2) is 9.84 Å². The summed E-state index contributed by atoms with van der Waals surface area (Å²) in [6.07, 6.45) is 1.52. The topological polar surface area (TPSA) is 106 Å². The lowest BCUT2D eigenvalue weighted by Gasteiger charge is -2.19. The lowest BCUT2D eigenvalue weighted by atomic mass is 10.2. The van der Waals surface area contributed by atoms with Crippen LogP contribution in [0.5, 0.6) is 0 Å². The second-order valence-corrected chi connectivity index (χ2v) is 12.3. The number of nitrogens with one attached hydrogen (secondary N) is 1. The maximum atomic E-state index is 13.1. The molecule has 3 aromatic rings. The zero-order chi connectivity index (χ0) is 24.6. The summed E-state index contributed by atoms with van der Waals surface area (Å²) in [6, 6.07) is 14.1. The van der Waals surface area contributed by atoms with E-state index in [9.17, 15) is 23.3 Å². The number of anilines is 1. The zero-order valence-corrected chi connectivity index (χ0v) is 22.5. The molecule has 0 bridgehead atoms. The summed E-state index contributed by atoms with van der Waals surface area (Å²) in [5.41, 5.74) is 1.15. The van der Waals surface area contributed by atoms with Crippen LogP contribution >= 0.6 is 55.2 Å². The van der Waals surface area contributed by atoms with Gasteiger partial charge in [-0.3, -0.25) is 14.9 Å². The van der Waals surface area contributed by atoms with Crippen molar-refractivity contribution in [2.24, 2.45) is 0 Å². The highest BCUT2D eigenvalue weighted by Crippen LogP contribution is 2.41. The van der Waals surface area contributed by atoms with E-state index in [2.05, 4.69) is 37.2 Å². The van der Waals surface area contributed by atoms with E-state index in [1.54, 1.807) is 30.3 Å². The van der Waals surface area contributed by atoms with Crippen LogP contribution in [-0.2, 0) is 20.4 Å². The summed E-state index contributed by atoms with van der Waals surface area (Å²) >= 11 is 13.8. The second-order valence-electron chi connectivity index (χ2n) is 7.15. The van der Waals surface area contributed by atoms with E-state index in [1.807, 2.05) is 0 Å². The molecule has 0 atom stereocenters. The first-order chi connectivity index (χ1) is 16.0. The van der Waals surface area contributed by atoms with E-state index in [4.69, 9.17) is 11.6 Å². The molecule has 0 spiro atoms. The number of nitro benzene ring substituents is 1. The van der Waals surface area contributed by atoms with Crippen LogP contribution in [0.15, 0.2) is 78.2 Å². The Hall–Kier alpha value is -2.18. The van der Waals surface area contributed by atoms with Crippen molar-refractivity contribution in [2.45, 2.75) is 15.5 Å². The first-order valence-electron chi connectivity index (χ1n) is 9.50. The molecule has 1 aliphatic rings. The highest BCUT2D eigenvalue weighted by Gasteiger charge is 2.25. The summed E-state index contributed by atoms with van der Waals surface area (Å²) in [5.74, 6) is -0.673. The molecule has 1 heterocycles. The maximum absolute atomic E-state index is 13.1. The van der Waals surface area contributed by atoms with E-state index in [0.29, 0.717) is 35.6 Å². The number of nitro groups is 1. The summed E-state index contributed by atoms with van der Waals surface area (Å²) in [6.45, 7) is 0. The minimum Gasteiger partial charge on any atom is -0.320 e. The van der Waals surface area contributed by atoms with Crippen molar-refractivity contribution >= 4 is 88.4 Å². The van der Waals surface area contributed by atoms with E-state index >= 15 is 0 Å². The SMILES string of the molecule is O=C1Nc2cc(S(=O)(=O)Cc3c(Br)cccc3Br)ccc2SC1=Cc1ccc(Cl)c([N+](=O)[O-])c1. The van der Waals surface area contributed by atoms with Crippen LogP contribution in [0.3, 0.4) is 0 Å². The lowest BCUT2D eigenvalue weighted by Crippen LogP contribution is -2.18. The average Bonchev–Trinajstić information content (AvgIpc) is 2.77. The van der Waals surface area contributed by atoms with Gasteiger partial charge < -0.3 is 5.32 Å². The van der Waals surface area contributed by atoms with Gasteiger partial charge in [0.25, 0.3) is 11.6 Å². The third kappa shape index (κ3) is 5.23. The van der Waals surface area contributed by atoms with Gasteiger partial charge in [-0.2, -0.15) is 0 Å². The van der Waals surface area contributed by atoms with Crippen LogP contribution in [0.4, 0.5) is 11.4 Å². The summed E-state index contributed by atoms with van der Waals surface area (Å²) in [7, 11) is -3.70. The van der Waals surface area contributed by atoms with Crippen molar-refractivity contribution in [1.29, 1.82) is 0 Å². The van der Waals surface area contributed by atoms with Gasteiger partial charge in [0.1, 0.15) is 5.02 Å². The normalized spacial score (nSPS) is 14.6. The number of hydrogen-bond donors (Lipinski definition) is 1. The molecule has 3 aromatic carbocycles. The van der Waals surface area contributed by atoms with Crippen LogP contribution in [0.1, 0.15) is 11.1 Å². The maximum Gasteiger partial charge on any atom is 0.288 e. The number of amides is 1. The molecule has 174 valence electrons.